The van der Waals surface area contributed by atoms with Gasteiger partial charge in [0, 0.05) is 17.7 Å². The smallest absolute Gasteiger partial charge is 0.347 e. The molecule has 0 radical (unpaired) electrons. The SMILES string of the molecule is CCOC(=O)C(C)OC(=O)c1cc(Oc2c(F)c(F)c(C)c(Cl)c2F)ccc1[N+](=O)[O-]. The standard InChI is InChI=1S/C19H15ClF3NO7/c1-4-29-18(25)9(3)30-19(26)11-7-10(5-6-12(11)24(27)28)31-17-15(22)13(20)8(2)14(21)16(17)23/h5-7,9H,4H2,1-3H3. The van der Waals surface area contributed by atoms with Crippen LogP contribution in [0, 0.1) is 34.5 Å². The van der Waals surface area contributed by atoms with Crippen molar-refractivity contribution in [2.24, 2.45) is 0 Å². The van der Waals surface area contributed by atoms with Crippen molar-refractivity contribution in [2.45, 2.75) is 26.9 Å². The van der Waals surface area contributed by atoms with Gasteiger partial charge in [-0.05, 0) is 26.8 Å². The number of nitro benzene ring substituents is 1. The van der Waals surface area contributed by atoms with E-state index < -0.39 is 73.8 Å². The molecule has 0 N–H and O–H groups in total. The molecule has 12 heteroatoms. The monoisotopic (exact) mass is 461 g/mol. The van der Waals surface area contributed by atoms with Gasteiger partial charge in [0.15, 0.2) is 17.7 Å². The Bertz CT molecular complexity index is 1030. The van der Waals surface area contributed by atoms with Gasteiger partial charge in [-0.3, -0.25) is 10.1 Å². The fourth-order valence-corrected chi connectivity index (χ4v) is 2.53. The molecule has 0 aliphatic carbocycles. The van der Waals surface area contributed by atoms with Crippen LogP contribution in [0.2, 0.25) is 5.02 Å². The van der Waals surface area contributed by atoms with Gasteiger partial charge in [-0.15, -0.1) is 0 Å². The van der Waals surface area contributed by atoms with Crippen molar-refractivity contribution in [3.63, 3.8) is 0 Å². The molecular weight excluding hydrogens is 447 g/mol. The maximum Gasteiger partial charge on any atom is 0.347 e. The number of nitro groups is 1. The lowest BCUT2D eigenvalue weighted by Crippen LogP contribution is -2.26. The van der Waals surface area contributed by atoms with Crippen molar-refractivity contribution >= 4 is 29.2 Å². The number of ether oxygens (including phenoxy) is 3. The summed E-state index contributed by atoms with van der Waals surface area (Å²) in [6.45, 7) is 3.77. The minimum absolute atomic E-state index is 0.0109. The number of hydrogen-bond donors (Lipinski definition) is 0. The van der Waals surface area contributed by atoms with E-state index in [1.165, 1.54) is 13.8 Å². The van der Waals surface area contributed by atoms with Gasteiger partial charge >= 0.3 is 11.9 Å². The van der Waals surface area contributed by atoms with Crippen molar-refractivity contribution in [2.75, 3.05) is 6.61 Å². The molecular formula is C19H15ClF3NO7. The molecule has 0 spiro atoms. The van der Waals surface area contributed by atoms with Crippen LogP contribution in [-0.2, 0) is 14.3 Å². The Morgan fingerprint density at radius 2 is 1.84 bits per heavy atom. The quantitative estimate of drug-likeness (QED) is 0.250. The summed E-state index contributed by atoms with van der Waals surface area (Å²) >= 11 is 5.62. The molecule has 1 unspecified atom stereocenters. The number of carbonyl (C=O) groups excluding carboxylic acids is 2. The average Bonchev–Trinajstić information content (AvgIpc) is 2.73. The number of hydrogen-bond acceptors (Lipinski definition) is 7. The normalized spacial score (nSPS) is 11.6. The highest BCUT2D eigenvalue weighted by Crippen LogP contribution is 2.37. The van der Waals surface area contributed by atoms with Crippen molar-refractivity contribution in [3.05, 3.63) is 61.9 Å². The molecule has 2 aromatic rings. The third-order valence-electron chi connectivity index (χ3n) is 3.95. The number of rotatable bonds is 7. The molecule has 0 fully saturated rings. The predicted octanol–water partition coefficient (Wildman–Crippen LogP) is 4.87. The van der Waals surface area contributed by atoms with Gasteiger partial charge < -0.3 is 14.2 Å². The lowest BCUT2D eigenvalue weighted by molar-refractivity contribution is -0.385. The molecule has 0 aliphatic heterocycles. The van der Waals surface area contributed by atoms with E-state index in [0.29, 0.717) is 0 Å². The molecule has 0 heterocycles. The van der Waals surface area contributed by atoms with Gasteiger partial charge in [0.1, 0.15) is 11.3 Å². The maximum absolute atomic E-state index is 14.3. The van der Waals surface area contributed by atoms with Crippen LogP contribution >= 0.6 is 11.6 Å². The van der Waals surface area contributed by atoms with E-state index >= 15 is 0 Å². The zero-order valence-electron chi connectivity index (χ0n) is 16.3. The number of benzene rings is 2. The highest BCUT2D eigenvalue weighted by atomic mass is 35.5. The highest BCUT2D eigenvalue weighted by Gasteiger charge is 2.28. The fourth-order valence-electron chi connectivity index (χ4n) is 2.36. The summed E-state index contributed by atoms with van der Waals surface area (Å²) in [7, 11) is 0. The van der Waals surface area contributed by atoms with Crippen LogP contribution in [0.5, 0.6) is 11.5 Å². The molecule has 0 aromatic heterocycles. The summed E-state index contributed by atoms with van der Waals surface area (Å²) < 4.78 is 56.8. The Kier molecular flexibility index (Phi) is 7.45. The molecule has 0 saturated heterocycles. The van der Waals surface area contributed by atoms with Crippen LogP contribution in [0.15, 0.2) is 18.2 Å². The fraction of sp³-hybridized carbons (Fsp3) is 0.263. The van der Waals surface area contributed by atoms with E-state index in [-0.39, 0.29) is 6.61 Å². The third-order valence-corrected chi connectivity index (χ3v) is 4.40. The molecule has 2 rings (SSSR count). The van der Waals surface area contributed by atoms with Crippen molar-refractivity contribution in [3.8, 4) is 11.5 Å². The highest BCUT2D eigenvalue weighted by molar-refractivity contribution is 6.31. The number of nitrogens with zero attached hydrogens (tertiary/aromatic N) is 1. The van der Waals surface area contributed by atoms with Crippen molar-refractivity contribution < 1.29 is 41.9 Å². The topological polar surface area (TPSA) is 105 Å². The van der Waals surface area contributed by atoms with Gasteiger partial charge in [-0.1, -0.05) is 11.6 Å². The molecule has 0 saturated carbocycles. The second-order valence-electron chi connectivity index (χ2n) is 6.05. The molecule has 31 heavy (non-hydrogen) atoms. The minimum atomic E-state index is -1.68. The van der Waals surface area contributed by atoms with Crippen LogP contribution in [0.4, 0.5) is 18.9 Å². The predicted molar refractivity (Wildman–Crippen MR) is 101 cm³/mol. The van der Waals surface area contributed by atoms with Crippen LogP contribution in [0.1, 0.15) is 29.8 Å². The lowest BCUT2D eigenvalue weighted by atomic mass is 10.1. The number of esters is 2. The summed E-state index contributed by atoms with van der Waals surface area (Å²) in [6.07, 6.45) is -1.39. The Labute approximate surface area is 178 Å². The van der Waals surface area contributed by atoms with E-state index in [1.54, 1.807) is 0 Å². The van der Waals surface area contributed by atoms with E-state index in [4.69, 9.17) is 21.1 Å². The first-order valence-electron chi connectivity index (χ1n) is 8.65. The zero-order chi connectivity index (χ0) is 23.5. The second-order valence-corrected chi connectivity index (χ2v) is 6.43. The molecule has 1 atom stereocenters. The first kappa shape index (κ1) is 23.9. The summed E-state index contributed by atoms with van der Waals surface area (Å²) in [4.78, 5) is 34.3. The summed E-state index contributed by atoms with van der Waals surface area (Å²) in [5.74, 6) is -8.40. The maximum atomic E-state index is 14.3. The lowest BCUT2D eigenvalue weighted by Gasteiger charge is -2.14. The molecule has 0 bridgehead atoms. The van der Waals surface area contributed by atoms with Gasteiger partial charge in [0.2, 0.25) is 11.6 Å². The molecule has 0 aliphatic rings. The van der Waals surface area contributed by atoms with E-state index in [1.807, 2.05) is 0 Å². The Morgan fingerprint density at radius 3 is 2.42 bits per heavy atom. The number of carbonyl (C=O) groups is 2. The zero-order valence-corrected chi connectivity index (χ0v) is 17.1. The van der Waals surface area contributed by atoms with Crippen molar-refractivity contribution in [1.29, 1.82) is 0 Å². The van der Waals surface area contributed by atoms with E-state index in [0.717, 1.165) is 25.1 Å². The van der Waals surface area contributed by atoms with Crippen LogP contribution in [-0.4, -0.2) is 29.6 Å². The average molecular weight is 462 g/mol. The largest absolute Gasteiger partial charge is 0.463 e. The van der Waals surface area contributed by atoms with Crippen LogP contribution < -0.4 is 4.74 Å². The number of halogens is 4. The summed E-state index contributed by atoms with van der Waals surface area (Å²) in [6, 6.07) is 2.49. The van der Waals surface area contributed by atoms with Crippen molar-refractivity contribution in [1.82, 2.24) is 0 Å². The molecule has 0 amide bonds. The first-order valence-corrected chi connectivity index (χ1v) is 9.03. The Balaban J connectivity index is 2.44. The first-order chi connectivity index (χ1) is 14.5. The van der Waals surface area contributed by atoms with Crippen LogP contribution in [0.25, 0.3) is 0 Å². The third kappa shape index (κ3) is 5.05. The minimum Gasteiger partial charge on any atom is -0.463 e. The van der Waals surface area contributed by atoms with Gasteiger partial charge in [0.25, 0.3) is 5.69 Å². The van der Waals surface area contributed by atoms with Gasteiger partial charge in [-0.2, -0.15) is 4.39 Å². The second kappa shape index (κ2) is 9.65. The van der Waals surface area contributed by atoms with Gasteiger partial charge in [-0.25, -0.2) is 18.4 Å². The summed E-state index contributed by atoms with van der Waals surface area (Å²) in [5.41, 5.74) is -1.90. The molecule has 8 nitrogen and oxygen atoms in total. The molecule has 2 aromatic carbocycles. The Hall–Kier alpha value is -3.34. The van der Waals surface area contributed by atoms with E-state index in [9.17, 15) is 32.9 Å². The molecule has 166 valence electrons. The van der Waals surface area contributed by atoms with Gasteiger partial charge in [0.05, 0.1) is 16.6 Å². The Morgan fingerprint density at radius 1 is 1.19 bits per heavy atom. The van der Waals surface area contributed by atoms with Crippen LogP contribution in [0.3, 0.4) is 0 Å². The summed E-state index contributed by atoms with van der Waals surface area (Å²) in [5, 5.41) is 10.5. The van der Waals surface area contributed by atoms with E-state index in [2.05, 4.69) is 4.74 Å².